The van der Waals surface area contributed by atoms with Gasteiger partial charge in [-0.15, -0.1) is 0 Å². The van der Waals surface area contributed by atoms with E-state index in [0.29, 0.717) is 5.56 Å². The molecule has 1 unspecified atom stereocenters. The molecule has 1 amide bonds. The number of hydrogen-bond donors (Lipinski definition) is 0. The van der Waals surface area contributed by atoms with E-state index < -0.39 is 0 Å². The van der Waals surface area contributed by atoms with Gasteiger partial charge < -0.3 is 4.90 Å². The molecule has 0 N–H and O–H groups in total. The van der Waals surface area contributed by atoms with Crippen molar-refractivity contribution in [1.82, 2.24) is 19.4 Å². The van der Waals surface area contributed by atoms with Gasteiger partial charge in [0.15, 0.2) is 0 Å². The Bertz CT molecular complexity index is 1170. The number of nitrogens with zero attached hydrogens (tertiary/aromatic N) is 4. The molecule has 2 aromatic carbocycles. The molecule has 1 fully saturated rings. The molecule has 0 radical (unpaired) electrons. The van der Waals surface area contributed by atoms with Crippen LogP contribution in [0.25, 0.3) is 16.7 Å². The van der Waals surface area contributed by atoms with Crippen LogP contribution in [0.5, 0.6) is 0 Å². The third-order valence-corrected chi connectivity index (χ3v) is 5.69. The monoisotopic (exact) mass is 382 g/mol. The van der Waals surface area contributed by atoms with Gasteiger partial charge in [0.1, 0.15) is 5.82 Å². The Balaban J connectivity index is 1.50. The van der Waals surface area contributed by atoms with Crippen molar-refractivity contribution in [3.63, 3.8) is 0 Å². The highest BCUT2D eigenvalue weighted by Crippen LogP contribution is 2.33. The van der Waals surface area contributed by atoms with Crippen LogP contribution in [0.3, 0.4) is 0 Å². The van der Waals surface area contributed by atoms with Gasteiger partial charge in [0, 0.05) is 30.2 Å². The van der Waals surface area contributed by atoms with Crippen LogP contribution in [0.15, 0.2) is 73.1 Å². The van der Waals surface area contributed by atoms with Crippen LogP contribution in [0.1, 0.15) is 40.6 Å². The second-order valence-corrected chi connectivity index (χ2v) is 7.47. The Morgan fingerprint density at radius 1 is 1.03 bits per heavy atom. The van der Waals surface area contributed by atoms with Gasteiger partial charge in [0.2, 0.25) is 0 Å². The molecule has 5 heteroatoms. The van der Waals surface area contributed by atoms with Crippen LogP contribution in [-0.4, -0.2) is 31.9 Å². The third kappa shape index (κ3) is 3.09. The average molecular weight is 382 g/mol. The molecular formula is C24H22N4O. The molecule has 1 saturated heterocycles. The van der Waals surface area contributed by atoms with Crippen molar-refractivity contribution in [2.45, 2.75) is 25.8 Å². The number of para-hydroxylation sites is 1. The largest absolute Gasteiger partial charge is 0.332 e. The number of pyridine rings is 1. The van der Waals surface area contributed by atoms with Gasteiger partial charge >= 0.3 is 0 Å². The maximum Gasteiger partial charge on any atom is 0.254 e. The molecule has 5 nitrogen and oxygen atoms in total. The van der Waals surface area contributed by atoms with E-state index in [9.17, 15) is 4.79 Å². The van der Waals surface area contributed by atoms with E-state index in [4.69, 9.17) is 4.98 Å². The van der Waals surface area contributed by atoms with Crippen molar-refractivity contribution in [2.75, 3.05) is 6.54 Å². The Morgan fingerprint density at radius 2 is 1.83 bits per heavy atom. The fourth-order valence-corrected chi connectivity index (χ4v) is 4.34. The number of carbonyl (C=O) groups excluding carboxylic acids is 1. The van der Waals surface area contributed by atoms with Crippen molar-refractivity contribution < 1.29 is 4.79 Å². The summed E-state index contributed by atoms with van der Waals surface area (Å²) in [6.07, 6.45) is 5.59. The fourth-order valence-electron chi connectivity index (χ4n) is 4.34. The highest BCUT2D eigenvalue weighted by atomic mass is 16.2. The number of rotatable bonds is 3. The van der Waals surface area contributed by atoms with Crippen molar-refractivity contribution in [2.24, 2.45) is 0 Å². The molecule has 3 heterocycles. The SMILES string of the molecule is Cc1nc2cc(C(=O)N3CCCC3c3ccncc3)ccc2n1-c1ccccc1. The predicted octanol–water partition coefficient (Wildman–Crippen LogP) is 4.71. The summed E-state index contributed by atoms with van der Waals surface area (Å²) in [6.45, 7) is 2.77. The Morgan fingerprint density at radius 3 is 2.62 bits per heavy atom. The van der Waals surface area contributed by atoms with Crippen molar-refractivity contribution >= 4 is 16.9 Å². The molecule has 2 aromatic heterocycles. The summed E-state index contributed by atoms with van der Waals surface area (Å²) >= 11 is 0. The molecular weight excluding hydrogens is 360 g/mol. The van der Waals surface area contributed by atoms with Crippen LogP contribution in [-0.2, 0) is 0 Å². The minimum atomic E-state index is 0.0677. The number of fused-ring (bicyclic) bond motifs is 1. The van der Waals surface area contributed by atoms with E-state index in [-0.39, 0.29) is 11.9 Å². The lowest BCUT2D eigenvalue weighted by atomic mass is 10.1. The van der Waals surface area contributed by atoms with Gasteiger partial charge in [0.05, 0.1) is 17.1 Å². The molecule has 0 bridgehead atoms. The standard InChI is InChI=1S/C24H22N4O/c1-17-26-21-16-19(9-10-23(21)28(17)20-6-3-2-4-7-20)24(29)27-15-5-8-22(27)18-11-13-25-14-12-18/h2-4,6-7,9-14,16,22H,5,8,15H2,1H3. The van der Waals surface area contributed by atoms with E-state index in [1.54, 1.807) is 12.4 Å². The number of likely N-dealkylation sites (tertiary alicyclic amines) is 1. The summed E-state index contributed by atoms with van der Waals surface area (Å²) in [5, 5.41) is 0. The number of benzene rings is 2. The van der Waals surface area contributed by atoms with E-state index in [1.165, 1.54) is 0 Å². The Hall–Kier alpha value is -3.47. The van der Waals surface area contributed by atoms with Crippen LogP contribution in [0, 0.1) is 6.92 Å². The van der Waals surface area contributed by atoms with E-state index in [2.05, 4.69) is 21.7 Å². The molecule has 1 aliphatic heterocycles. The lowest BCUT2D eigenvalue weighted by Gasteiger charge is -2.25. The number of aryl methyl sites for hydroxylation is 1. The number of aromatic nitrogens is 3. The smallest absolute Gasteiger partial charge is 0.254 e. The molecule has 1 atom stereocenters. The van der Waals surface area contributed by atoms with Crippen LogP contribution in [0.2, 0.25) is 0 Å². The second-order valence-electron chi connectivity index (χ2n) is 7.47. The molecule has 0 aliphatic carbocycles. The van der Waals surface area contributed by atoms with E-state index in [0.717, 1.165) is 47.5 Å². The van der Waals surface area contributed by atoms with Crippen molar-refractivity contribution in [3.05, 3.63) is 90.0 Å². The maximum atomic E-state index is 13.3. The normalized spacial score (nSPS) is 16.4. The zero-order chi connectivity index (χ0) is 19.8. The first-order valence-corrected chi connectivity index (χ1v) is 9.98. The van der Waals surface area contributed by atoms with Gasteiger partial charge in [-0.2, -0.15) is 0 Å². The lowest BCUT2D eigenvalue weighted by Crippen LogP contribution is -2.30. The highest BCUT2D eigenvalue weighted by molar-refractivity contribution is 5.98. The number of imidazole rings is 1. The van der Waals surface area contributed by atoms with Crippen LogP contribution >= 0.6 is 0 Å². The fraction of sp³-hybridized carbons (Fsp3) is 0.208. The minimum absolute atomic E-state index is 0.0677. The van der Waals surface area contributed by atoms with Gasteiger partial charge in [-0.05, 0) is 67.8 Å². The van der Waals surface area contributed by atoms with E-state index in [1.807, 2.05) is 60.4 Å². The van der Waals surface area contributed by atoms with E-state index >= 15 is 0 Å². The summed E-state index contributed by atoms with van der Waals surface area (Å²) in [7, 11) is 0. The van der Waals surface area contributed by atoms with Crippen molar-refractivity contribution in [3.8, 4) is 5.69 Å². The summed E-state index contributed by atoms with van der Waals surface area (Å²) in [6, 6.07) is 20.2. The first-order chi connectivity index (χ1) is 14.2. The lowest BCUT2D eigenvalue weighted by molar-refractivity contribution is 0.0735. The van der Waals surface area contributed by atoms with Crippen LogP contribution in [0.4, 0.5) is 0 Å². The molecule has 0 saturated carbocycles. The summed E-state index contributed by atoms with van der Waals surface area (Å²) in [5.74, 6) is 0.977. The van der Waals surface area contributed by atoms with Gasteiger partial charge in [-0.3, -0.25) is 14.3 Å². The number of hydrogen-bond acceptors (Lipinski definition) is 3. The third-order valence-electron chi connectivity index (χ3n) is 5.69. The zero-order valence-electron chi connectivity index (χ0n) is 16.3. The molecule has 1 aliphatic rings. The topological polar surface area (TPSA) is 51.0 Å². The Labute approximate surface area is 169 Å². The first-order valence-electron chi connectivity index (χ1n) is 9.98. The molecule has 5 rings (SSSR count). The molecule has 4 aromatic rings. The quantitative estimate of drug-likeness (QED) is 0.516. The summed E-state index contributed by atoms with van der Waals surface area (Å²) < 4.78 is 2.12. The molecule has 29 heavy (non-hydrogen) atoms. The maximum absolute atomic E-state index is 13.3. The Kier molecular flexibility index (Phi) is 4.35. The number of amides is 1. The second kappa shape index (κ2) is 7.17. The molecule has 144 valence electrons. The highest BCUT2D eigenvalue weighted by Gasteiger charge is 2.30. The van der Waals surface area contributed by atoms with Crippen molar-refractivity contribution in [1.29, 1.82) is 0 Å². The molecule has 0 spiro atoms. The number of carbonyl (C=O) groups is 1. The van der Waals surface area contributed by atoms with Gasteiger partial charge in [-0.1, -0.05) is 18.2 Å². The van der Waals surface area contributed by atoms with Crippen LogP contribution < -0.4 is 0 Å². The minimum Gasteiger partial charge on any atom is -0.332 e. The summed E-state index contributed by atoms with van der Waals surface area (Å²) in [5.41, 5.74) is 4.77. The first kappa shape index (κ1) is 17.6. The predicted molar refractivity (Wildman–Crippen MR) is 113 cm³/mol. The summed E-state index contributed by atoms with van der Waals surface area (Å²) in [4.78, 5) is 24.1. The zero-order valence-corrected chi connectivity index (χ0v) is 16.3. The average Bonchev–Trinajstić information content (AvgIpc) is 3.38. The van der Waals surface area contributed by atoms with Gasteiger partial charge in [0.25, 0.3) is 5.91 Å². The van der Waals surface area contributed by atoms with Gasteiger partial charge in [-0.25, -0.2) is 4.98 Å².